The second-order valence-corrected chi connectivity index (χ2v) is 18.0. The van der Waals surface area contributed by atoms with E-state index in [9.17, 15) is 19.2 Å². The highest BCUT2D eigenvalue weighted by molar-refractivity contribution is 7.09. The summed E-state index contributed by atoms with van der Waals surface area (Å²) in [6.07, 6.45) is 5.07. The van der Waals surface area contributed by atoms with E-state index >= 15 is 0 Å². The highest BCUT2D eigenvalue weighted by Gasteiger charge is 2.53. The van der Waals surface area contributed by atoms with E-state index in [-0.39, 0.29) is 60.0 Å². The van der Waals surface area contributed by atoms with Gasteiger partial charge in [-0.05, 0) is 81.0 Å². The van der Waals surface area contributed by atoms with Crippen molar-refractivity contribution >= 4 is 40.7 Å². The molecule has 4 N–H and O–H groups in total. The number of ether oxygens (including phenoxy) is 2. The minimum absolute atomic E-state index is 0.00975. The van der Waals surface area contributed by atoms with E-state index in [0.29, 0.717) is 43.5 Å². The number of fused-ring (bicyclic) bond motifs is 2. The zero-order valence-corrected chi connectivity index (χ0v) is 36.8. The Bertz CT molecular complexity index is 1740. The van der Waals surface area contributed by atoms with Crippen LogP contribution in [-0.4, -0.2) is 121 Å². The number of thiazole rings is 1. The fourth-order valence-electron chi connectivity index (χ4n) is 9.95. The van der Waals surface area contributed by atoms with Gasteiger partial charge in [0.2, 0.25) is 23.6 Å². The molecule has 2 aliphatic heterocycles. The van der Waals surface area contributed by atoms with Gasteiger partial charge in [0, 0.05) is 51.1 Å². The highest BCUT2D eigenvalue weighted by atomic mass is 32.1. The molecule has 3 fully saturated rings. The van der Waals surface area contributed by atoms with Crippen LogP contribution in [0.4, 0.5) is 5.69 Å². The number of aromatic nitrogens is 1. The quantitative estimate of drug-likeness (QED) is 0.133. The average molecular weight is 822 g/mol. The molecule has 0 radical (unpaired) electrons. The number of rotatable bonds is 19. The maximum Gasteiger partial charge on any atom is 0.245 e. The first-order valence-electron chi connectivity index (χ1n) is 21.0. The molecule has 14 heteroatoms. The van der Waals surface area contributed by atoms with E-state index in [1.54, 1.807) is 32.4 Å². The van der Waals surface area contributed by atoms with E-state index in [1.807, 2.05) is 69.3 Å². The maximum atomic E-state index is 14.4. The van der Waals surface area contributed by atoms with Crippen LogP contribution < -0.4 is 16.4 Å². The highest BCUT2D eigenvalue weighted by Crippen LogP contribution is 2.46. The van der Waals surface area contributed by atoms with Crippen LogP contribution in [0.25, 0.3) is 0 Å². The number of likely N-dealkylation sites (tertiary alicyclic amines) is 2. The van der Waals surface area contributed by atoms with Gasteiger partial charge in [-0.1, -0.05) is 58.9 Å². The number of likely N-dealkylation sites (N-methyl/N-ethyl adjacent to an activating group) is 2. The first-order valence-corrected chi connectivity index (χ1v) is 21.9. The van der Waals surface area contributed by atoms with E-state index < -0.39 is 30.2 Å². The van der Waals surface area contributed by atoms with Crippen molar-refractivity contribution in [3.05, 3.63) is 58.6 Å². The monoisotopic (exact) mass is 821 g/mol. The number of hydrogen-bond donors (Lipinski definition) is 3. The second kappa shape index (κ2) is 19.9. The largest absolute Gasteiger partial charge is 0.399 e. The third kappa shape index (κ3) is 9.77. The molecule has 5 rings (SSSR count). The van der Waals surface area contributed by atoms with Crippen molar-refractivity contribution in [1.82, 2.24) is 30.3 Å². The fourth-order valence-corrected chi connectivity index (χ4v) is 10.6. The lowest BCUT2D eigenvalue weighted by Crippen LogP contribution is -2.59. The van der Waals surface area contributed by atoms with Gasteiger partial charge in [-0.2, -0.15) is 0 Å². The zero-order chi connectivity index (χ0) is 42.4. The number of amides is 4. The Hall–Kier alpha value is -3.85. The van der Waals surface area contributed by atoms with Crippen LogP contribution in [0.5, 0.6) is 0 Å². The summed E-state index contributed by atoms with van der Waals surface area (Å²) in [5.41, 5.74) is 8.43. The molecule has 1 aromatic heterocycles. The number of nitrogens with zero attached hydrogens (tertiary/aromatic N) is 4. The van der Waals surface area contributed by atoms with Gasteiger partial charge in [-0.15, -0.1) is 11.3 Å². The Morgan fingerprint density at radius 2 is 1.84 bits per heavy atom. The molecule has 13 nitrogen and oxygen atoms in total. The van der Waals surface area contributed by atoms with Crippen molar-refractivity contribution in [3.8, 4) is 0 Å². The van der Waals surface area contributed by atoms with Gasteiger partial charge in [0.1, 0.15) is 11.0 Å². The molecule has 2 bridgehead atoms. The van der Waals surface area contributed by atoms with Crippen LogP contribution in [-0.2, 0) is 35.1 Å². The van der Waals surface area contributed by atoms with E-state index in [1.165, 1.54) is 11.3 Å². The fraction of sp³-hybridized carbons (Fsp3) is 0.659. The summed E-state index contributed by atoms with van der Waals surface area (Å²) in [5, 5.41) is 9.02. The number of nitrogens with two attached hydrogens (primary N) is 1. The minimum Gasteiger partial charge on any atom is -0.399 e. The molecule has 1 aliphatic carbocycles. The van der Waals surface area contributed by atoms with Crippen molar-refractivity contribution in [2.45, 2.75) is 128 Å². The van der Waals surface area contributed by atoms with Crippen LogP contribution in [0.15, 0.2) is 48.0 Å². The molecule has 58 heavy (non-hydrogen) atoms. The van der Waals surface area contributed by atoms with Crippen molar-refractivity contribution in [2.75, 3.05) is 40.6 Å². The molecule has 4 amide bonds. The summed E-state index contributed by atoms with van der Waals surface area (Å²) in [4.78, 5) is 66.6. The van der Waals surface area contributed by atoms with Gasteiger partial charge in [-0.25, -0.2) is 4.98 Å². The molecular formula is C44H67N7O6S. The molecule has 1 aromatic carbocycles. The molecular weight excluding hydrogens is 755 g/mol. The SMILES string of the molecule is C=C(CC)[C@@H]([C@@H](CC(=O)N1CCC[C@H]1[C@H](OC)[C@@H](C)C(=O)N[C@@H](Cc1cccc(N)c1)c1nccs1)OC)N(C)C(=O)[C@@H](NC(=O)[C@@H]1C2CC[C@@H]([C@H]2C)N1C)C(C)C. The molecule has 320 valence electrons. The van der Waals surface area contributed by atoms with Crippen LogP contribution in [0.2, 0.25) is 0 Å². The molecule has 1 saturated carbocycles. The number of methoxy groups -OCH3 is 2. The number of hydrogen-bond acceptors (Lipinski definition) is 10. The Morgan fingerprint density at radius 1 is 1.10 bits per heavy atom. The van der Waals surface area contributed by atoms with Crippen molar-refractivity contribution in [1.29, 1.82) is 0 Å². The Morgan fingerprint density at radius 3 is 2.43 bits per heavy atom. The lowest BCUT2D eigenvalue weighted by Gasteiger charge is -2.39. The minimum atomic E-state index is -0.764. The normalized spacial score (nSPS) is 24.9. The number of benzene rings is 1. The van der Waals surface area contributed by atoms with Crippen LogP contribution in [0, 0.1) is 23.7 Å². The molecule has 0 spiro atoms. The molecule has 3 heterocycles. The lowest BCUT2D eigenvalue weighted by atomic mass is 9.91. The molecule has 2 saturated heterocycles. The van der Waals surface area contributed by atoms with Gasteiger partial charge < -0.3 is 35.6 Å². The number of carbonyl (C=O) groups excluding carboxylic acids is 4. The Kier molecular flexibility index (Phi) is 15.5. The summed E-state index contributed by atoms with van der Waals surface area (Å²) in [5.74, 6) is -0.757. The molecule has 1 unspecified atom stereocenters. The van der Waals surface area contributed by atoms with Crippen molar-refractivity contribution in [3.63, 3.8) is 0 Å². The first-order chi connectivity index (χ1) is 27.6. The van der Waals surface area contributed by atoms with E-state index in [2.05, 4.69) is 34.0 Å². The van der Waals surface area contributed by atoms with Crippen molar-refractivity contribution < 1.29 is 28.7 Å². The van der Waals surface area contributed by atoms with Gasteiger partial charge >= 0.3 is 0 Å². The van der Waals surface area contributed by atoms with Gasteiger partial charge in [0.15, 0.2) is 0 Å². The van der Waals surface area contributed by atoms with Crippen LogP contribution >= 0.6 is 11.3 Å². The second-order valence-electron chi connectivity index (χ2n) is 17.1. The summed E-state index contributed by atoms with van der Waals surface area (Å²) >= 11 is 1.48. The number of piperidine rings is 1. The first kappa shape index (κ1) is 45.2. The van der Waals surface area contributed by atoms with E-state index in [0.717, 1.165) is 35.4 Å². The maximum absolute atomic E-state index is 14.4. The number of anilines is 1. The predicted molar refractivity (Wildman–Crippen MR) is 228 cm³/mol. The summed E-state index contributed by atoms with van der Waals surface area (Å²) in [7, 11) is 6.86. The van der Waals surface area contributed by atoms with Gasteiger partial charge in [-0.3, -0.25) is 24.1 Å². The standard InChI is InChI=1S/C44H67N7O6S/c1-11-26(4)38(50(8)44(55)37(25(2)3)48-42(54)39-31-17-18-33(27(31)5)49(39)7)35(56-9)24-36(52)51-20-13-16-34(51)40(57-10)28(6)41(53)47-32(43-46-19-21-58-43)23-29-14-12-15-30(45)22-29/h12,14-15,19,21-22,25,27-28,31-35,37-40H,4,11,13,16-18,20,23-24,45H2,1-3,5-10H3,(H,47,53)(H,48,54)/t27-,28+,31?,32-,33-,34-,35+,37-,38-,39-,40+/m0/s1. The summed E-state index contributed by atoms with van der Waals surface area (Å²) < 4.78 is 12.1. The topological polar surface area (TPSA) is 159 Å². The molecule has 11 atom stereocenters. The Balaban J connectivity index is 1.28. The summed E-state index contributed by atoms with van der Waals surface area (Å²) in [6.45, 7) is 14.7. The van der Waals surface area contributed by atoms with Crippen LogP contribution in [0.3, 0.4) is 0 Å². The summed E-state index contributed by atoms with van der Waals surface area (Å²) in [6, 6.07) is 5.63. The average Bonchev–Trinajstić information content (AvgIpc) is 4.02. The van der Waals surface area contributed by atoms with Crippen LogP contribution in [0.1, 0.15) is 89.8 Å². The Labute approximate surface area is 349 Å². The smallest absolute Gasteiger partial charge is 0.245 e. The predicted octanol–water partition coefficient (Wildman–Crippen LogP) is 4.84. The number of nitrogens with one attached hydrogen (secondary N) is 2. The third-order valence-corrected chi connectivity index (χ3v) is 14.1. The number of nitrogen functional groups attached to an aromatic ring is 1. The zero-order valence-electron chi connectivity index (χ0n) is 36.0. The van der Waals surface area contributed by atoms with Gasteiger partial charge in [0.05, 0.1) is 48.7 Å². The molecule has 3 aliphatic rings. The van der Waals surface area contributed by atoms with Gasteiger partial charge in [0.25, 0.3) is 0 Å². The number of carbonyl (C=O) groups is 4. The lowest BCUT2D eigenvalue weighted by molar-refractivity contribution is -0.145. The van der Waals surface area contributed by atoms with Crippen molar-refractivity contribution in [2.24, 2.45) is 23.7 Å². The third-order valence-electron chi connectivity index (χ3n) is 13.2. The van der Waals surface area contributed by atoms with E-state index in [4.69, 9.17) is 15.2 Å². The molecule has 2 aromatic rings.